The van der Waals surface area contributed by atoms with Gasteiger partial charge in [0.25, 0.3) is 11.8 Å². The maximum atomic E-state index is 12.7. The summed E-state index contributed by atoms with van der Waals surface area (Å²) in [4.78, 5) is 29.7. The van der Waals surface area contributed by atoms with E-state index in [1.54, 1.807) is 55.6 Å². The number of hydrogen-bond acceptors (Lipinski definition) is 9. The molecule has 0 unspecified atom stereocenters. The number of rotatable bonds is 12. The van der Waals surface area contributed by atoms with E-state index in [0.717, 1.165) is 22.1 Å². The highest BCUT2D eigenvalue weighted by Crippen LogP contribution is 2.36. The molecule has 0 aliphatic heterocycles. The van der Waals surface area contributed by atoms with Crippen molar-refractivity contribution in [2.24, 2.45) is 5.10 Å². The van der Waals surface area contributed by atoms with Gasteiger partial charge in [-0.3, -0.25) is 9.59 Å². The van der Waals surface area contributed by atoms with Crippen LogP contribution in [0.15, 0.2) is 101 Å². The van der Waals surface area contributed by atoms with E-state index >= 15 is 0 Å². The van der Waals surface area contributed by atoms with E-state index in [2.05, 4.69) is 26.1 Å². The van der Waals surface area contributed by atoms with E-state index in [9.17, 15) is 9.59 Å². The van der Waals surface area contributed by atoms with Gasteiger partial charge in [0.05, 0.1) is 31.2 Å². The van der Waals surface area contributed by atoms with E-state index in [4.69, 9.17) is 25.8 Å². The number of para-hydroxylation sites is 1. The number of ether oxygens (including phenoxy) is 3. The van der Waals surface area contributed by atoms with Crippen molar-refractivity contribution in [1.82, 2.24) is 10.4 Å². The zero-order chi connectivity index (χ0) is 31.6. The Morgan fingerprint density at radius 3 is 2.40 bits per heavy atom. The average Bonchev–Trinajstić information content (AvgIpc) is 3.53. The molecule has 0 fully saturated rings. The van der Waals surface area contributed by atoms with E-state index in [1.165, 1.54) is 24.7 Å². The lowest BCUT2D eigenvalue weighted by molar-refractivity contribution is -0.118. The number of amides is 2. The number of methoxy groups -OCH3 is 2. The van der Waals surface area contributed by atoms with Crippen LogP contribution in [0.2, 0.25) is 5.02 Å². The van der Waals surface area contributed by atoms with Crippen molar-refractivity contribution < 1.29 is 23.8 Å². The number of thiazole rings is 1. The fraction of sp³-hybridized carbons (Fsp3) is 0.0909. The molecule has 3 N–H and O–H groups in total. The maximum Gasteiger partial charge on any atom is 0.271 e. The molecule has 5 rings (SSSR count). The van der Waals surface area contributed by atoms with Crippen LogP contribution < -0.4 is 30.3 Å². The lowest BCUT2D eigenvalue weighted by Gasteiger charge is -2.13. The normalized spacial score (nSPS) is 10.7. The van der Waals surface area contributed by atoms with Gasteiger partial charge in [0.15, 0.2) is 23.2 Å². The van der Waals surface area contributed by atoms with Crippen LogP contribution in [0.5, 0.6) is 17.2 Å². The predicted octanol–water partition coefficient (Wildman–Crippen LogP) is 7.01. The van der Waals surface area contributed by atoms with Crippen LogP contribution in [0.1, 0.15) is 15.9 Å². The molecule has 0 aliphatic rings. The van der Waals surface area contributed by atoms with Gasteiger partial charge < -0.3 is 24.8 Å². The summed E-state index contributed by atoms with van der Waals surface area (Å²) in [5, 5.41) is 13.0. The summed E-state index contributed by atoms with van der Waals surface area (Å²) >= 11 is 7.93. The van der Waals surface area contributed by atoms with E-state index in [-0.39, 0.29) is 29.2 Å². The Kier molecular flexibility index (Phi) is 10.3. The minimum absolute atomic E-state index is 0.202. The highest BCUT2D eigenvalue weighted by Gasteiger charge is 2.14. The number of carbonyl (C=O) groups is 2. The van der Waals surface area contributed by atoms with Gasteiger partial charge in [-0.05, 0) is 66.2 Å². The van der Waals surface area contributed by atoms with Crippen molar-refractivity contribution in [3.63, 3.8) is 0 Å². The molecule has 0 spiro atoms. The van der Waals surface area contributed by atoms with Crippen LogP contribution in [0.4, 0.5) is 16.5 Å². The molecule has 0 atom stereocenters. The zero-order valence-electron chi connectivity index (χ0n) is 24.2. The highest BCUT2D eigenvalue weighted by molar-refractivity contribution is 7.14. The lowest BCUT2D eigenvalue weighted by atomic mass is 10.1. The first kappa shape index (κ1) is 31.0. The Morgan fingerprint density at radius 2 is 1.69 bits per heavy atom. The number of hydrazone groups is 1. The van der Waals surface area contributed by atoms with Gasteiger partial charge in [-0.2, -0.15) is 5.10 Å². The van der Waals surface area contributed by atoms with Gasteiger partial charge in [0.2, 0.25) is 0 Å². The second kappa shape index (κ2) is 14.9. The summed E-state index contributed by atoms with van der Waals surface area (Å²) in [6, 6.07) is 27.0. The van der Waals surface area contributed by atoms with E-state index in [0.29, 0.717) is 28.3 Å². The van der Waals surface area contributed by atoms with Crippen LogP contribution in [-0.2, 0) is 4.79 Å². The largest absolute Gasteiger partial charge is 0.497 e. The fourth-order valence-electron chi connectivity index (χ4n) is 4.09. The molecule has 0 saturated heterocycles. The van der Waals surface area contributed by atoms with Gasteiger partial charge in [0, 0.05) is 27.9 Å². The Morgan fingerprint density at radius 1 is 0.933 bits per heavy atom. The number of aromatic nitrogens is 1. The zero-order valence-corrected chi connectivity index (χ0v) is 25.8. The third-order valence-electron chi connectivity index (χ3n) is 6.32. The molecule has 0 aliphatic carbocycles. The fourth-order valence-corrected chi connectivity index (χ4v) is 5.11. The Bertz CT molecular complexity index is 1800. The van der Waals surface area contributed by atoms with Crippen LogP contribution in [0.3, 0.4) is 0 Å². The average molecular weight is 642 g/mol. The summed E-state index contributed by atoms with van der Waals surface area (Å²) in [6.07, 6.45) is 1.43. The molecule has 45 heavy (non-hydrogen) atoms. The molecular weight excluding hydrogens is 614 g/mol. The van der Waals surface area contributed by atoms with Crippen molar-refractivity contribution in [3.05, 3.63) is 113 Å². The van der Waals surface area contributed by atoms with Crippen LogP contribution >= 0.6 is 22.9 Å². The molecule has 1 heterocycles. The van der Waals surface area contributed by atoms with Crippen molar-refractivity contribution in [3.8, 4) is 28.5 Å². The monoisotopic (exact) mass is 641 g/mol. The van der Waals surface area contributed by atoms with Crippen LogP contribution in [-0.4, -0.2) is 43.8 Å². The SMILES string of the molecule is COc1ccc(NC(=O)COc2c(Cl)cc(/C=N/NC(=O)c3ccc(-c4csc(Nc5ccccc5)n4)cc3)cc2OC)cc1. The molecule has 2 amide bonds. The van der Waals surface area contributed by atoms with Gasteiger partial charge in [-0.1, -0.05) is 41.9 Å². The quantitative estimate of drug-likeness (QED) is 0.0989. The first-order valence-corrected chi connectivity index (χ1v) is 14.8. The Labute approximate surface area is 268 Å². The first-order valence-electron chi connectivity index (χ1n) is 13.6. The summed E-state index contributed by atoms with van der Waals surface area (Å²) in [5.74, 6) is 0.414. The molecule has 228 valence electrons. The number of benzene rings is 4. The van der Waals surface area contributed by atoms with Crippen LogP contribution in [0.25, 0.3) is 11.3 Å². The standard InChI is InChI=1S/C33H28ClN5O5S/c1-42-26-14-12-25(13-15-26)36-30(40)19-44-31-27(34)16-21(17-29(31)43-2)18-35-39-32(41)23-10-8-22(9-11-23)28-20-45-33(38-28)37-24-6-4-3-5-7-24/h3-18,20H,19H2,1-2H3,(H,36,40)(H,37,38)(H,39,41)/b35-18+. The van der Waals surface area contributed by atoms with Gasteiger partial charge in [-0.15, -0.1) is 11.3 Å². The first-order chi connectivity index (χ1) is 21.9. The highest BCUT2D eigenvalue weighted by atomic mass is 35.5. The van der Waals surface area contributed by atoms with E-state index in [1.807, 2.05) is 47.8 Å². The van der Waals surface area contributed by atoms with Crippen molar-refractivity contribution in [2.75, 3.05) is 31.5 Å². The molecule has 5 aromatic rings. The maximum absolute atomic E-state index is 12.7. The van der Waals surface area contributed by atoms with Gasteiger partial charge in [-0.25, -0.2) is 10.4 Å². The van der Waals surface area contributed by atoms with E-state index < -0.39 is 0 Å². The predicted molar refractivity (Wildman–Crippen MR) is 177 cm³/mol. The number of hydrogen-bond donors (Lipinski definition) is 3. The minimum Gasteiger partial charge on any atom is -0.497 e. The second-order valence-corrected chi connectivity index (χ2v) is 10.7. The minimum atomic E-state index is -0.386. The van der Waals surface area contributed by atoms with Gasteiger partial charge >= 0.3 is 0 Å². The molecule has 0 radical (unpaired) electrons. The summed E-state index contributed by atoms with van der Waals surface area (Å²) in [5.41, 5.74) is 6.73. The lowest BCUT2D eigenvalue weighted by Crippen LogP contribution is -2.20. The number of nitrogens with zero attached hydrogens (tertiary/aromatic N) is 2. The van der Waals surface area contributed by atoms with Crippen molar-refractivity contribution in [2.45, 2.75) is 0 Å². The molecule has 1 aromatic heterocycles. The topological polar surface area (TPSA) is 123 Å². The summed E-state index contributed by atoms with van der Waals surface area (Å²) < 4.78 is 16.2. The number of nitrogens with one attached hydrogen (secondary N) is 3. The Hall–Kier alpha value is -5.39. The molecule has 4 aromatic carbocycles. The smallest absolute Gasteiger partial charge is 0.271 e. The Balaban J connectivity index is 1.15. The van der Waals surface area contributed by atoms with Crippen molar-refractivity contribution in [1.29, 1.82) is 0 Å². The van der Waals surface area contributed by atoms with Crippen molar-refractivity contribution >= 4 is 57.5 Å². The third kappa shape index (κ3) is 8.37. The summed E-state index contributed by atoms with van der Waals surface area (Å²) in [7, 11) is 3.02. The number of anilines is 3. The number of halogens is 1. The molecule has 10 nitrogen and oxygen atoms in total. The molecular formula is C33H28ClN5O5S. The third-order valence-corrected chi connectivity index (χ3v) is 7.36. The number of carbonyl (C=O) groups excluding carboxylic acids is 2. The second-order valence-electron chi connectivity index (χ2n) is 9.40. The van der Waals surface area contributed by atoms with Crippen LogP contribution in [0, 0.1) is 0 Å². The van der Waals surface area contributed by atoms with Gasteiger partial charge in [0.1, 0.15) is 5.75 Å². The molecule has 0 bridgehead atoms. The molecule has 12 heteroatoms. The summed E-state index contributed by atoms with van der Waals surface area (Å²) in [6.45, 7) is -0.293. The molecule has 0 saturated carbocycles.